The first-order valence-corrected chi connectivity index (χ1v) is 7.44. The lowest BCUT2D eigenvalue weighted by atomic mass is 9.91. The van der Waals surface area contributed by atoms with Crippen LogP contribution in [-0.4, -0.2) is 24.1 Å². The summed E-state index contributed by atoms with van der Waals surface area (Å²) in [6.07, 6.45) is -0.527. The van der Waals surface area contributed by atoms with Crippen LogP contribution in [-0.2, 0) is 9.53 Å². The lowest BCUT2D eigenvalue weighted by Crippen LogP contribution is -2.25. The van der Waals surface area contributed by atoms with Gasteiger partial charge >= 0.3 is 0 Å². The third-order valence-corrected chi connectivity index (χ3v) is 4.16. The summed E-state index contributed by atoms with van der Waals surface area (Å²) in [5, 5.41) is 4.22. The maximum Gasteiger partial charge on any atom is 0.211 e. The van der Waals surface area contributed by atoms with Crippen LogP contribution in [0.25, 0.3) is 0 Å². The van der Waals surface area contributed by atoms with Crippen molar-refractivity contribution in [1.82, 2.24) is 5.43 Å². The van der Waals surface area contributed by atoms with Crippen molar-refractivity contribution in [3.05, 3.63) is 71.8 Å². The number of epoxide rings is 1. The molecule has 0 saturated carbocycles. The maximum atomic E-state index is 12.7. The van der Waals surface area contributed by atoms with Gasteiger partial charge in [-0.15, -0.1) is 0 Å². The van der Waals surface area contributed by atoms with E-state index in [4.69, 9.17) is 4.74 Å². The fraction of sp³-hybridized carbons (Fsp3) is 0.222. The number of nitrogens with zero attached hydrogens (tertiary/aromatic N) is 1. The summed E-state index contributed by atoms with van der Waals surface area (Å²) in [5.41, 5.74) is 5.68. The van der Waals surface area contributed by atoms with Crippen LogP contribution in [0.15, 0.2) is 65.8 Å². The van der Waals surface area contributed by atoms with Crippen LogP contribution in [0.5, 0.6) is 0 Å². The van der Waals surface area contributed by atoms with Crippen molar-refractivity contribution in [3.8, 4) is 0 Å². The number of benzene rings is 2. The van der Waals surface area contributed by atoms with Crippen molar-refractivity contribution in [2.45, 2.75) is 18.1 Å². The quantitative estimate of drug-likeness (QED) is 0.881. The molecule has 1 fully saturated rings. The summed E-state index contributed by atoms with van der Waals surface area (Å²) in [5.74, 6) is 0.00188. The molecule has 0 unspecified atom stereocenters. The second-order valence-electron chi connectivity index (χ2n) is 5.57. The molecular weight excluding hydrogens is 276 g/mol. The number of ether oxygens (including phenoxy) is 1. The second kappa shape index (κ2) is 5.39. The smallest absolute Gasteiger partial charge is 0.211 e. The zero-order valence-electron chi connectivity index (χ0n) is 12.0. The number of ketones is 1. The van der Waals surface area contributed by atoms with Gasteiger partial charge < -0.3 is 10.2 Å². The van der Waals surface area contributed by atoms with Crippen LogP contribution >= 0.6 is 0 Å². The number of carbonyl (C=O) groups is 1. The van der Waals surface area contributed by atoms with Gasteiger partial charge in [0.2, 0.25) is 5.78 Å². The molecule has 2 aromatic carbocycles. The molecule has 110 valence electrons. The molecule has 2 aliphatic heterocycles. The standard InChI is InChI=1S/C18H16N2O2/c21-16(18-17(22-18)13-9-5-2-6-10-13)15-14(11-19-20-15)12-7-3-1-4-8-12/h1-10,14,17-19H,11H2/t14-,17-,18+/m1/s1. The van der Waals surface area contributed by atoms with E-state index in [0.29, 0.717) is 12.3 Å². The molecule has 3 atom stereocenters. The van der Waals surface area contributed by atoms with E-state index >= 15 is 0 Å². The summed E-state index contributed by atoms with van der Waals surface area (Å²) < 4.78 is 5.60. The Morgan fingerprint density at radius 1 is 1.00 bits per heavy atom. The van der Waals surface area contributed by atoms with Crippen molar-refractivity contribution in [3.63, 3.8) is 0 Å². The minimum absolute atomic E-state index is 0.00675. The van der Waals surface area contributed by atoms with Crippen LogP contribution in [0.2, 0.25) is 0 Å². The number of nitrogens with one attached hydrogen (secondary N) is 1. The van der Waals surface area contributed by atoms with Crippen molar-refractivity contribution < 1.29 is 9.53 Å². The summed E-state index contributed by atoms with van der Waals surface area (Å²) in [7, 11) is 0. The Morgan fingerprint density at radius 2 is 1.64 bits per heavy atom. The second-order valence-corrected chi connectivity index (χ2v) is 5.57. The van der Waals surface area contributed by atoms with E-state index in [1.807, 2.05) is 60.7 Å². The molecule has 1 N–H and O–H groups in total. The molecule has 2 aromatic rings. The SMILES string of the molecule is O=C(C1=NNC[C@@H]1c1ccccc1)[C@@H]1O[C@@H]1c1ccccc1. The lowest BCUT2D eigenvalue weighted by Gasteiger charge is -2.10. The first-order valence-electron chi connectivity index (χ1n) is 7.44. The van der Waals surface area contributed by atoms with Gasteiger partial charge in [-0.2, -0.15) is 5.10 Å². The van der Waals surface area contributed by atoms with Gasteiger partial charge in [0.15, 0.2) is 6.10 Å². The van der Waals surface area contributed by atoms with Crippen LogP contribution in [0.1, 0.15) is 23.1 Å². The van der Waals surface area contributed by atoms with Crippen LogP contribution < -0.4 is 5.43 Å². The molecule has 0 spiro atoms. The maximum absolute atomic E-state index is 12.7. The average molecular weight is 292 g/mol. The monoisotopic (exact) mass is 292 g/mol. The van der Waals surface area contributed by atoms with Gasteiger partial charge in [0.05, 0.1) is 5.92 Å². The highest BCUT2D eigenvalue weighted by atomic mass is 16.6. The van der Waals surface area contributed by atoms with Crippen LogP contribution in [0.3, 0.4) is 0 Å². The van der Waals surface area contributed by atoms with Gasteiger partial charge in [-0.3, -0.25) is 4.79 Å². The fourth-order valence-electron chi connectivity index (χ4n) is 2.94. The van der Waals surface area contributed by atoms with E-state index in [-0.39, 0.29) is 17.8 Å². The van der Waals surface area contributed by atoms with Gasteiger partial charge in [0.25, 0.3) is 0 Å². The van der Waals surface area contributed by atoms with Gasteiger partial charge in [-0.1, -0.05) is 60.7 Å². The predicted octanol–water partition coefficient (Wildman–Crippen LogP) is 2.44. The van der Waals surface area contributed by atoms with Gasteiger partial charge in [0, 0.05) is 6.54 Å². The van der Waals surface area contributed by atoms with Crippen LogP contribution in [0, 0.1) is 0 Å². The van der Waals surface area contributed by atoms with E-state index < -0.39 is 6.10 Å². The molecule has 0 aromatic heterocycles. The molecule has 0 radical (unpaired) electrons. The summed E-state index contributed by atoms with van der Waals surface area (Å²) in [4.78, 5) is 12.7. The zero-order valence-corrected chi connectivity index (χ0v) is 12.0. The van der Waals surface area contributed by atoms with Crippen molar-refractivity contribution in [2.24, 2.45) is 5.10 Å². The highest BCUT2D eigenvalue weighted by molar-refractivity contribution is 6.44. The van der Waals surface area contributed by atoms with E-state index in [0.717, 1.165) is 11.1 Å². The van der Waals surface area contributed by atoms with Crippen molar-refractivity contribution in [1.29, 1.82) is 0 Å². The molecule has 0 bridgehead atoms. The Bertz CT molecular complexity index is 712. The average Bonchev–Trinajstić information content (AvgIpc) is 3.24. The Balaban J connectivity index is 1.52. The third-order valence-electron chi connectivity index (χ3n) is 4.16. The minimum atomic E-state index is -0.396. The molecule has 2 aliphatic rings. The van der Waals surface area contributed by atoms with Gasteiger partial charge in [-0.05, 0) is 11.1 Å². The Morgan fingerprint density at radius 3 is 2.32 bits per heavy atom. The Labute approximate surface area is 128 Å². The first kappa shape index (κ1) is 13.2. The normalized spacial score (nSPS) is 26.2. The fourth-order valence-corrected chi connectivity index (χ4v) is 2.94. The summed E-state index contributed by atoms with van der Waals surface area (Å²) in [6.45, 7) is 0.661. The highest BCUT2D eigenvalue weighted by Gasteiger charge is 2.49. The minimum Gasteiger partial charge on any atom is -0.356 e. The molecule has 4 nitrogen and oxygen atoms in total. The van der Waals surface area contributed by atoms with E-state index in [2.05, 4.69) is 10.5 Å². The Kier molecular flexibility index (Phi) is 3.24. The van der Waals surface area contributed by atoms with Crippen LogP contribution in [0.4, 0.5) is 0 Å². The Hall–Kier alpha value is -2.46. The number of carbonyl (C=O) groups excluding carboxylic acids is 1. The van der Waals surface area contributed by atoms with Gasteiger partial charge in [-0.25, -0.2) is 0 Å². The molecule has 22 heavy (non-hydrogen) atoms. The summed E-state index contributed by atoms with van der Waals surface area (Å²) >= 11 is 0. The molecule has 0 amide bonds. The van der Waals surface area contributed by atoms with E-state index in [1.165, 1.54) is 0 Å². The topological polar surface area (TPSA) is 54.0 Å². The number of hydrogen-bond donors (Lipinski definition) is 1. The zero-order chi connectivity index (χ0) is 14.9. The molecule has 4 rings (SSSR count). The number of rotatable bonds is 4. The molecular formula is C18H16N2O2. The largest absolute Gasteiger partial charge is 0.356 e. The lowest BCUT2D eigenvalue weighted by molar-refractivity contribution is -0.114. The molecule has 4 heteroatoms. The van der Waals surface area contributed by atoms with Gasteiger partial charge in [0.1, 0.15) is 11.8 Å². The van der Waals surface area contributed by atoms with E-state index in [1.54, 1.807) is 0 Å². The molecule has 1 saturated heterocycles. The number of hydrogen-bond acceptors (Lipinski definition) is 4. The summed E-state index contributed by atoms with van der Waals surface area (Å²) in [6, 6.07) is 19.8. The highest BCUT2D eigenvalue weighted by Crippen LogP contribution is 2.40. The predicted molar refractivity (Wildman–Crippen MR) is 83.7 cm³/mol. The number of Topliss-reactive ketones (excluding diaryl/α,β-unsaturated/α-hetero) is 1. The third kappa shape index (κ3) is 2.31. The first-order chi connectivity index (χ1) is 10.8. The van der Waals surface area contributed by atoms with Crippen molar-refractivity contribution >= 4 is 11.5 Å². The van der Waals surface area contributed by atoms with E-state index in [9.17, 15) is 4.79 Å². The molecule has 0 aliphatic carbocycles. The molecule has 2 heterocycles. The number of hydrazone groups is 1. The van der Waals surface area contributed by atoms with Crippen molar-refractivity contribution in [2.75, 3.05) is 6.54 Å².